The molecule has 0 radical (unpaired) electrons. The van der Waals surface area contributed by atoms with Gasteiger partial charge in [0.1, 0.15) is 5.75 Å². The summed E-state index contributed by atoms with van der Waals surface area (Å²) in [6, 6.07) is 1.92. The Bertz CT molecular complexity index is 311. The molecule has 0 saturated carbocycles. The number of hydrogen-bond acceptors (Lipinski definition) is 3. The maximum atomic E-state index is 5.72. The minimum absolute atomic E-state index is 0.200. The van der Waals surface area contributed by atoms with Crippen LogP contribution in [0, 0.1) is 5.92 Å². The second-order valence-corrected chi connectivity index (χ2v) is 4.67. The van der Waals surface area contributed by atoms with Gasteiger partial charge in [-0.3, -0.25) is 4.98 Å². The van der Waals surface area contributed by atoms with Gasteiger partial charge in [-0.2, -0.15) is 0 Å². The number of nitrogens with one attached hydrogen (secondary N) is 1. The van der Waals surface area contributed by atoms with Crippen LogP contribution in [0.4, 0.5) is 0 Å². The van der Waals surface area contributed by atoms with Crippen LogP contribution in [0.5, 0.6) is 5.75 Å². The summed E-state index contributed by atoms with van der Waals surface area (Å²) >= 11 is 0. The largest absolute Gasteiger partial charge is 0.491 e. The molecule has 0 bridgehead atoms. The van der Waals surface area contributed by atoms with Crippen LogP contribution >= 0.6 is 0 Å². The van der Waals surface area contributed by atoms with Crippen LogP contribution in [-0.4, -0.2) is 17.6 Å². The van der Waals surface area contributed by atoms with Crippen LogP contribution < -0.4 is 10.1 Å². The van der Waals surface area contributed by atoms with E-state index >= 15 is 0 Å². The van der Waals surface area contributed by atoms with Crippen LogP contribution in [0.2, 0.25) is 0 Å². The van der Waals surface area contributed by atoms with Gasteiger partial charge in [-0.05, 0) is 32.4 Å². The Labute approximate surface area is 98.2 Å². The van der Waals surface area contributed by atoms with E-state index < -0.39 is 0 Å². The Hall–Kier alpha value is -1.09. The zero-order valence-corrected chi connectivity index (χ0v) is 10.7. The van der Waals surface area contributed by atoms with E-state index in [2.05, 4.69) is 24.1 Å². The average molecular weight is 222 g/mol. The van der Waals surface area contributed by atoms with Gasteiger partial charge in [-0.25, -0.2) is 0 Å². The summed E-state index contributed by atoms with van der Waals surface area (Å²) in [6.07, 6.45) is 3.83. The summed E-state index contributed by atoms with van der Waals surface area (Å²) in [5, 5.41) is 3.39. The fourth-order valence-corrected chi connectivity index (χ4v) is 1.41. The molecular weight excluding hydrogens is 200 g/mol. The maximum Gasteiger partial charge on any atom is 0.127 e. The second-order valence-electron chi connectivity index (χ2n) is 4.67. The van der Waals surface area contributed by atoms with E-state index in [0.717, 1.165) is 24.4 Å². The van der Waals surface area contributed by atoms with Gasteiger partial charge in [0.25, 0.3) is 0 Å². The van der Waals surface area contributed by atoms with Crippen LogP contribution in [0.25, 0.3) is 0 Å². The molecule has 0 aliphatic rings. The minimum atomic E-state index is 0.200. The van der Waals surface area contributed by atoms with Crippen molar-refractivity contribution in [2.24, 2.45) is 5.92 Å². The molecule has 0 saturated heterocycles. The Balaban J connectivity index is 2.56. The van der Waals surface area contributed by atoms with E-state index in [1.807, 2.05) is 26.1 Å². The van der Waals surface area contributed by atoms with Crippen LogP contribution in [0.3, 0.4) is 0 Å². The molecule has 0 unspecified atom stereocenters. The van der Waals surface area contributed by atoms with Crippen molar-refractivity contribution in [3.05, 3.63) is 24.0 Å². The predicted molar refractivity (Wildman–Crippen MR) is 66.5 cm³/mol. The van der Waals surface area contributed by atoms with Gasteiger partial charge < -0.3 is 10.1 Å². The second kappa shape index (κ2) is 6.48. The van der Waals surface area contributed by atoms with Crippen molar-refractivity contribution in [2.45, 2.75) is 40.3 Å². The molecule has 0 aromatic carbocycles. The monoisotopic (exact) mass is 222 g/mol. The molecule has 0 amide bonds. The van der Waals surface area contributed by atoms with Crippen molar-refractivity contribution in [1.29, 1.82) is 0 Å². The van der Waals surface area contributed by atoms with E-state index in [1.165, 1.54) is 0 Å². The van der Waals surface area contributed by atoms with E-state index in [1.54, 1.807) is 6.20 Å². The summed E-state index contributed by atoms with van der Waals surface area (Å²) < 4.78 is 5.72. The highest BCUT2D eigenvalue weighted by Crippen LogP contribution is 2.17. The van der Waals surface area contributed by atoms with Crippen LogP contribution in [0.15, 0.2) is 18.5 Å². The summed E-state index contributed by atoms with van der Waals surface area (Å²) in [6.45, 7) is 10.3. The Morgan fingerprint density at radius 2 is 2.06 bits per heavy atom. The molecule has 0 spiro atoms. The lowest BCUT2D eigenvalue weighted by Gasteiger charge is -2.14. The molecule has 0 fully saturated rings. The van der Waals surface area contributed by atoms with Gasteiger partial charge in [0.05, 0.1) is 6.10 Å². The Morgan fingerprint density at radius 1 is 1.31 bits per heavy atom. The first kappa shape index (κ1) is 13.0. The van der Waals surface area contributed by atoms with Crippen molar-refractivity contribution in [3.63, 3.8) is 0 Å². The molecule has 0 aliphatic heterocycles. The minimum Gasteiger partial charge on any atom is -0.491 e. The van der Waals surface area contributed by atoms with E-state index in [-0.39, 0.29) is 6.10 Å². The lowest BCUT2D eigenvalue weighted by atomic mass is 10.2. The fraction of sp³-hybridized carbons (Fsp3) is 0.615. The number of rotatable bonds is 6. The van der Waals surface area contributed by atoms with Gasteiger partial charge in [0.15, 0.2) is 0 Å². The molecule has 1 N–H and O–H groups in total. The number of ether oxygens (including phenoxy) is 1. The maximum absolute atomic E-state index is 5.72. The lowest BCUT2D eigenvalue weighted by molar-refractivity contribution is 0.239. The Kier molecular flexibility index (Phi) is 5.26. The highest BCUT2D eigenvalue weighted by Gasteiger charge is 2.05. The molecule has 1 heterocycles. The van der Waals surface area contributed by atoms with Gasteiger partial charge in [-0.1, -0.05) is 13.8 Å². The summed E-state index contributed by atoms with van der Waals surface area (Å²) in [7, 11) is 0. The summed E-state index contributed by atoms with van der Waals surface area (Å²) in [5.74, 6) is 1.59. The topological polar surface area (TPSA) is 34.2 Å². The first-order valence-corrected chi connectivity index (χ1v) is 5.90. The third-order valence-corrected chi connectivity index (χ3v) is 2.09. The molecular formula is C13H22N2O. The number of aromatic nitrogens is 1. The van der Waals surface area contributed by atoms with Gasteiger partial charge in [-0.15, -0.1) is 0 Å². The van der Waals surface area contributed by atoms with Crippen molar-refractivity contribution < 1.29 is 4.74 Å². The molecule has 1 aromatic heterocycles. The molecule has 1 aromatic rings. The molecule has 0 atom stereocenters. The smallest absolute Gasteiger partial charge is 0.127 e. The van der Waals surface area contributed by atoms with Crippen molar-refractivity contribution in [1.82, 2.24) is 10.3 Å². The quantitative estimate of drug-likeness (QED) is 0.803. The first-order chi connectivity index (χ1) is 7.59. The van der Waals surface area contributed by atoms with Gasteiger partial charge in [0, 0.05) is 24.5 Å². The van der Waals surface area contributed by atoms with Crippen molar-refractivity contribution in [2.75, 3.05) is 6.54 Å². The highest BCUT2D eigenvalue weighted by atomic mass is 16.5. The zero-order chi connectivity index (χ0) is 12.0. The third-order valence-electron chi connectivity index (χ3n) is 2.09. The zero-order valence-electron chi connectivity index (χ0n) is 10.7. The molecule has 1 rings (SSSR count). The molecule has 16 heavy (non-hydrogen) atoms. The molecule has 90 valence electrons. The Morgan fingerprint density at radius 3 is 2.69 bits per heavy atom. The van der Waals surface area contributed by atoms with E-state index in [9.17, 15) is 0 Å². The third kappa shape index (κ3) is 4.62. The standard InChI is InChI=1S/C13H22N2O/c1-10(2)7-15-9-12-8-14-6-5-13(12)16-11(3)4/h5-6,8,10-11,15H,7,9H2,1-4H3. The van der Waals surface area contributed by atoms with Crippen molar-refractivity contribution >= 4 is 0 Å². The van der Waals surface area contributed by atoms with Crippen molar-refractivity contribution in [3.8, 4) is 5.75 Å². The lowest BCUT2D eigenvalue weighted by Crippen LogP contribution is -2.20. The van der Waals surface area contributed by atoms with Crippen LogP contribution in [-0.2, 0) is 6.54 Å². The predicted octanol–water partition coefficient (Wildman–Crippen LogP) is 2.61. The first-order valence-electron chi connectivity index (χ1n) is 5.90. The number of pyridine rings is 1. The number of nitrogens with zero attached hydrogens (tertiary/aromatic N) is 1. The van der Waals surface area contributed by atoms with E-state index in [4.69, 9.17) is 4.74 Å². The summed E-state index contributed by atoms with van der Waals surface area (Å²) in [4.78, 5) is 4.13. The molecule has 3 heteroatoms. The average Bonchev–Trinajstić information content (AvgIpc) is 2.19. The molecule has 3 nitrogen and oxygen atoms in total. The normalized spacial score (nSPS) is 11.1. The number of hydrogen-bond donors (Lipinski definition) is 1. The van der Waals surface area contributed by atoms with Gasteiger partial charge in [0.2, 0.25) is 0 Å². The SMILES string of the molecule is CC(C)CNCc1cnccc1OC(C)C. The fourth-order valence-electron chi connectivity index (χ4n) is 1.41. The highest BCUT2D eigenvalue weighted by molar-refractivity contribution is 5.30. The van der Waals surface area contributed by atoms with Gasteiger partial charge >= 0.3 is 0 Å². The molecule has 0 aliphatic carbocycles. The van der Waals surface area contributed by atoms with E-state index in [0.29, 0.717) is 5.92 Å². The van der Waals surface area contributed by atoms with Crippen LogP contribution in [0.1, 0.15) is 33.3 Å². The summed E-state index contributed by atoms with van der Waals surface area (Å²) in [5.41, 5.74) is 1.12.